The second-order valence-electron chi connectivity index (χ2n) is 4.46. The van der Waals surface area contributed by atoms with Crippen molar-refractivity contribution >= 4 is 11.4 Å². The summed E-state index contributed by atoms with van der Waals surface area (Å²) < 4.78 is 0. The molecule has 0 aliphatic heterocycles. The second kappa shape index (κ2) is 4.54. The highest BCUT2D eigenvalue weighted by molar-refractivity contribution is 5.90. The molecule has 0 fully saturated rings. The van der Waals surface area contributed by atoms with Crippen molar-refractivity contribution in [1.29, 1.82) is 0 Å². The topological polar surface area (TPSA) is 12.4 Å². The fourth-order valence-electron chi connectivity index (χ4n) is 2.34. The summed E-state index contributed by atoms with van der Waals surface area (Å²) in [4.78, 5) is 4.73. The number of fused-ring (bicyclic) bond motifs is 1. The lowest BCUT2D eigenvalue weighted by Gasteiger charge is -2.17. The normalized spacial score (nSPS) is 16.8. The van der Waals surface area contributed by atoms with E-state index in [0.29, 0.717) is 0 Å². The van der Waals surface area contributed by atoms with Gasteiger partial charge >= 0.3 is 0 Å². The van der Waals surface area contributed by atoms with Crippen LogP contribution in [0.2, 0.25) is 0 Å². The minimum absolute atomic E-state index is 1.01. The van der Waals surface area contributed by atoms with Gasteiger partial charge in [-0.25, -0.2) is 0 Å². The number of para-hydroxylation sites is 1. The van der Waals surface area contributed by atoms with Crippen LogP contribution in [0.25, 0.3) is 0 Å². The number of rotatable bonds is 1. The van der Waals surface area contributed by atoms with E-state index in [1.54, 1.807) is 0 Å². The largest absolute Gasteiger partial charge is 0.257 e. The minimum Gasteiger partial charge on any atom is -0.257 e. The summed E-state index contributed by atoms with van der Waals surface area (Å²) >= 11 is 0. The first kappa shape index (κ1) is 10.3. The van der Waals surface area contributed by atoms with Gasteiger partial charge in [0.2, 0.25) is 0 Å². The summed E-state index contributed by atoms with van der Waals surface area (Å²) in [6.45, 7) is 0. The van der Waals surface area contributed by atoms with Gasteiger partial charge in [-0.05, 0) is 36.1 Å². The van der Waals surface area contributed by atoms with E-state index in [-0.39, 0.29) is 0 Å². The molecule has 17 heavy (non-hydrogen) atoms. The van der Waals surface area contributed by atoms with Gasteiger partial charge in [-0.15, -0.1) is 0 Å². The van der Waals surface area contributed by atoms with Crippen molar-refractivity contribution in [3.63, 3.8) is 0 Å². The quantitative estimate of drug-likeness (QED) is 0.691. The first-order valence-electron chi connectivity index (χ1n) is 6.10. The highest BCUT2D eigenvalue weighted by atomic mass is 14.7. The van der Waals surface area contributed by atoms with Crippen molar-refractivity contribution in [2.75, 3.05) is 0 Å². The molecule has 0 atom stereocenters. The van der Waals surface area contributed by atoms with Gasteiger partial charge in [0, 0.05) is 12.1 Å². The van der Waals surface area contributed by atoms with Crippen molar-refractivity contribution in [3.05, 3.63) is 65.7 Å². The molecule has 0 N–H and O–H groups in total. The van der Waals surface area contributed by atoms with Crippen LogP contribution in [-0.4, -0.2) is 5.71 Å². The zero-order valence-corrected chi connectivity index (χ0v) is 9.76. The van der Waals surface area contributed by atoms with Crippen LogP contribution in [0.1, 0.15) is 17.5 Å². The van der Waals surface area contributed by atoms with Crippen LogP contribution in [0.4, 0.5) is 5.69 Å². The van der Waals surface area contributed by atoms with E-state index in [0.717, 1.165) is 24.9 Å². The van der Waals surface area contributed by atoms with Gasteiger partial charge in [-0.2, -0.15) is 0 Å². The van der Waals surface area contributed by atoms with Gasteiger partial charge in [-0.3, -0.25) is 4.99 Å². The predicted octanol–water partition coefficient (Wildman–Crippen LogP) is 3.95. The lowest BCUT2D eigenvalue weighted by atomic mass is 9.90. The molecule has 0 radical (unpaired) electrons. The monoisotopic (exact) mass is 221 g/mol. The van der Waals surface area contributed by atoms with E-state index >= 15 is 0 Å². The van der Waals surface area contributed by atoms with E-state index in [4.69, 9.17) is 4.99 Å². The highest BCUT2D eigenvalue weighted by Gasteiger charge is 2.12. The standard InChI is InChI=1S/C16H15N/c1-2-8-15(9-3-1)17-16-11-10-13-6-4-5-7-14(13)12-16/h1-9H,10-12H2. The van der Waals surface area contributed by atoms with Gasteiger partial charge in [-0.1, -0.05) is 42.5 Å². The Kier molecular flexibility index (Phi) is 2.74. The molecule has 1 nitrogen and oxygen atoms in total. The zero-order valence-electron chi connectivity index (χ0n) is 9.76. The molecule has 84 valence electrons. The first-order valence-corrected chi connectivity index (χ1v) is 6.10. The molecular formula is C16H15N. The molecule has 1 aliphatic carbocycles. The summed E-state index contributed by atoms with van der Waals surface area (Å²) in [5.41, 5.74) is 5.30. The molecule has 0 saturated carbocycles. The third-order valence-electron chi connectivity index (χ3n) is 3.24. The van der Waals surface area contributed by atoms with E-state index in [1.807, 2.05) is 18.2 Å². The summed E-state index contributed by atoms with van der Waals surface area (Å²) in [7, 11) is 0. The van der Waals surface area contributed by atoms with Crippen molar-refractivity contribution < 1.29 is 0 Å². The van der Waals surface area contributed by atoms with Crippen LogP contribution < -0.4 is 0 Å². The number of aliphatic imine (C=N–C) groups is 1. The van der Waals surface area contributed by atoms with Crippen LogP contribution in [0.3, 0.4) is 0 Å². The number of nitrogens with zero attached hydrogens (tertiary/aromatic N) is 1. The Labute approximate surface area is 102 Å². The van der Waals surface area contributed by atoms with Crippen molar-refractivity contribution in [2.45, 2.75) is 19.3 Å². The Hall–Kier alpha value is -1.89. The van der Waals surface area contributed by atoms with E-state index in [9.17, 15) is 0 Å². The lowest BCUT2D eigenvalue weighted by molar-refractivity contribution is 0.947. The average Bonchev–Trinajstić information content (AvgIpc) is 2.40. The Balaban J connectivity index is 1.87. The first-order chi connectivity index (χ1) is 8.42. The molecule has 3 rings (SSSR count). The number of benzene rings is 2. The predicted molar refractivity (Wildman–Crippen MR) is 72.0 cm³/mol. The molecule has 0 heterocycles. The Morgan fingerprint density at radius 3 is 2.24 bits per heavy atom. The molecule has 0 saturated heterocycles. The molecule has 1 aliphatic rings. The summed E-state index contributed by atoms with van der Waals surface area (Å²) in [6, 6.07) is 18.9. The van der Waals surface area contributed by atoms with Crippen LogP contribution in [0.5, 0.6) is 0 Å². The number of aryl methyl sites for hydroxylation is 1. The molecule has 0 amide bonds. The van der Waals surface area contributed by atoms with E-state index in [2.05, 4.69) is 36.4 Å². The van der Waals surface area contributed by atoms with Crippen molar-refractivity contribution in [3.8, 4) is 0 Å². The molecular weight excluding hydrogens is 206 g/mol. The number of hydrogen-bond donors (Lipinski definition) is 0. The van der Waals surface area contributed by atoms with Crippen molar-refractivity contribution in [1.82, 2.24) is 0 Å². The van der Waals surface area contributed by atoms with Gasteiger partial charge in [0.1, 0.15) is 0 Å². The molecule has 2 aromatic carbocycles. The van der Waals surface area contributed by atoms with E-state index < -0.39 is 0 Å². The second-order valence-corrected chi connectivity index (χ2v) is 4.46. The van der Waals surface area contributed by atoms with Gasteiger partial charge in [0.25, 0.3) is 0 Å². The number of hydrogen-bond acceptors (Lipinski definition) is 1. The van der Waals surface area contributed by atoms with E-state index in [1.165, 1.54) is 16.8 Å². The third-order valence-corrected chi connectivity index (χ3v) is 3.24. The Morgan fingerprint density at radius 2 is 1.41 bits per heavy atom. The minimum atomic E-state index is 1.01. The lowest BCUT2D eigenvalue weighted by Crippen LogP contribution is -2.13. The summed E-state index contributed by atoms with van der Waals surface area (Å²) in [5, 5.41) is 0. The van der Waals surface area contributed by atoms with Crippen molar-refractivity contribution in [2.24, 2.45) is 4.99 Å². The molecule has 0 bridgehead atoms. The average molecular weight is 221 g/mol. The van der Waals surface area contributed by atoms with Crippen LogP contribution in [-0.2, 0) is 12.8 Å². The molecule has 2 aromatic rings. The Bertz CT molecular complexity index is 540. The molecule has 0 unspecified atom stereocenters. The third kappa shape index (κ3) is 2.28. The Morgan fingerprint density at radius 1 is 0.706 bits per heavy atom. The summed E-state index contributed by atoms with van der Waals surface area (Å²) in [5.74, 6) is 0. The highest BCUT2D eigenvalue weighted by Crippen LogP contribution is 2.21. The SMILES string of the molecule is c1ccc(N=C2CCc3ccccc3C2)cc1. The zero-order chi connectivity index (χ0) is 11.5. The summed E-state index contributed by atoms with van der Waals surface area (Å²) in [6.07, 6.45) is 3.22. The maximum atomic E-state index is 4.73. The van der Waals surface area contributed by atoms with Crippen LogP contribution in [0.15, 0.2) is 59.6 Å². The van der Waals surface area contributed by atoms with Gasteiger partial charge in [0.05, 0.1) is 5.69 Å². The fraction of sp³-hybridized carbons (Fsp3) is 0.188. The van der Waals surface area contributed by atoms with Crippen LogP contribution >= 0.6 is 0 Å². The van der Waals surface area contributed by atoms with Gasteiger partial charge < -0.3 is 0 Å². The maximum Gasteiger partial charge on any atom is 0.0629 e. The molecule has 1 heteroatoms. The molecule has 0 aromatic heterocycles. The fourth-order valence-corrected chi connectivity index (χ4v) is 2.34. The maximum absolute atomic E-state index is 4.73. The molecule has 0 spiro atoms. The smallest absolute Gasteiger partial charge is 0.0629 e. The van der Waals surface area contributed by atoms with Gasteiger partial charge in [0.15, 0.2) is 0 Å². The van der Waals surface area contributed by atoms with Crippen LogP contribution in [0, 0.1) is 0 Å².